The number of nitrogen functional groups attached to an aromatic ring is 1. The van der Waals surface area contributed by atoms with Gasteiger partial charge in [-0.1, -0.05) is 29.8 Å². The molecule has 3 amide bonds. The van der Waals surface area contributed by atoms with Crippen LogP contribution in [0.5, 0.6) is 0 Å². The fourth-order valence-corrected chi connectivity index (χ4v) is 1.96. The molecule has 8 heteroatoms. The zero-order valence-electron chi connectivity index (χ0n) is 13.0. The predicted molar refractivity (Wildman–Crippen MR) is 89.8 cm³/mol. The summed E-state index contributed by atoms with van der Waals surface area (Å²) in [5.41, 5.74) is 6.06. The third-order valence-corrected chi connectivity index (χ3v) is 3.32. The van der Waals surface area contributed by atoms with Crippen molar-refractivity contribution in [3.8, 4) is 0 Å². The zero-order chi connectivity index (χ0) is 17.4. The molecule has 0 aliphatic carbocycles. The SMILES string of the molecule is CC(C)CCNC(=O)NC(=O)COC(=O)c1cc(Br)ccc1N. The van der Waals surface area contributed by atoms with Gasteiger partial charge in [-0.25, -0.2) is 9.59 Å². The Bertz CT molecular complexity index is 590. The molecule has 0 aromatic heterocycles. The number of imide groups is 1. The van der Waals surface area contributed by atoms with Gasteiger partial charge in [0, 0.05) is 16.7 Å². The second kappa shape index (κ2) is 9.14. The quantitative estimate of drug-likeness (QED) is 0.512. The molecule has 0 saturated carbocycles. The maximum atomic E-state index is 11.9. The molecule has 1 aromatic rings. The smallest absolute Gasteiger partial charge is 0.340 e. The van der Waals surface area contributed by atoms with Crippen LogP contribution in [0, 0.1) is 5.92 Å². The Kier molecular flexibility index (Phi) is 7.53. The van der Waals surface area contributed by atoms with Crippen LogP contribution in [0.25, 0.3) is 0 Å². The van der Waals surface area contributed by atoms with Gasteiger partial charge < -0.3 is 15.8 Å². The Morgan fingerprint density at radius 2 is 2.00 bits per heavy atom. The first-order valence-corrected chi connectivity index (χ1v) is 7.88. The van der Waals surface area contributed by atoms with Gasteiger partial charge >= 0.3 is 12.0 Å². The van der Waals surface area contributed by atoms with Gasteiger partial charge in [-0.15, -0.1) is 0 Å². The van der Waals surface area contributed by atoms with Crippen molar-refractivity contribution in [1.82, 2.24) is 10.6 Å². The first-order chi connectivity index (χ1) is 10.8. The summed E-state index contributed by atoms with van der Waals surface area (Å²) in [6.07, 6.45) is 0.804. The lowest BCUT2D eigenvalue weighted by Crippen LogP contribution is -2.42. The Hall–Kier alpha value is -2.09. The van der Waals surface area contributed by atoms with Crippen LogP contribution in [0.3, 0.4) is 0 Å². The molecule has 0 spiro atoms. The Labute approximate surface area is 143 Å². The van der Waals surface area contributed by atoms with Gasteiger partial charge in [0.1, 0.15) is 0 Å². The van der Waals surface area contributed by atoms with Crippen LogP contribution >= 0.6 is 15.9 Å². The standard InChI is InChI=1S/C15H20BrN3O4/c1-9(2)5-6-18-15(22)19-13(20)8-23-14(21)11-7-10(16)3-4-12(11)17/h3-4,7,9H,5-6,8,17H2,1-2H3,(H2,18,19,20,22). The highest BCUT2D eigenvalue weighted by atomic mass is 79.9. The molecule has 4 N–H and O–H groups in total. The molecule has 0 unspecified atom stereocenters. The van der Waals surface area contributed by atoms with E-state index in [9.17, 15) is 14.4 Å². The highest BCUT2D eigenvalue weighted by Gasteiger charge is 2.15. The van der Waals surface area contributed by atoms with E-state index in [0.717, 1.165) is 6.42 Å². The van der Waals surface area contributed by atoms with Crippen LogP contribution in [-0.4, -0.2) is 31.1 Å². The van der Waals surface area contributed by atoms with Crippen LogP contribution < -0.4 is 16.4 Å². The summed E-state index contributed by atoms with van der Waals surface area (Å²) in [6.45, 7) is 3.95. The summed E-state index contributed by atoms with van der Waals surface area (Å²) in [6, 6.07) is 4.10. The number of benzene rings is 1. The van der Waals surface area contributed by atoms with Crippen LogP contribution in [0.2, 0.25) is 0 Å². The van der Waals surface area contributed by atoms with E-state index in [0.29, 0.717) is 16.9 Å². The van der Waals surface area contributed by atoms with Gasteiger partial charge in [-0.05, 0) is 30.5 Å². The van der Waals surface area contributed by atoms with Crippen molar-refractivity contribution >= 4 is 39.5 Å². The van der Waals surface area contributed by atoms with Crippen molar-refractivity contribution in [2.45, 2.75) is 20.3 Å². The number of carbonyl (C=O) groups is 3. The van der Waals surface area contributed by atoms with Crippen molar-refractivity contribution in [2.24, 2.45) is 5.92 Å². The normalized spacial score (nSPS) is 10.3. The number of esters is 1. The molecular weight excluding hydrogens is 366 g/mol. The molecule has 0 aliphatic rings. The van der Waals surface area contributed by atoms with E-state index in [1.54, 1.807) is 12.1 Å². The number of rotatable bonds is 6. The molecule has 7 nitrogen and oxygen atoms in total. The predicted octanol–water partition coefficient (Wildman–Crippen LogP) is 2.06. The van der Waals surface area contributed by atoms with E-state index in [2.05, 4.69) is 26.6 Å². The minimum atomic E-state index is -0.737. The van der Waals surface area contributed by atoms with Crippen molar-refractivity contribution in [1.29, 1.82) is 0 Å². The number of hydrogen-bond acceptors (Lipinski definition) is 5. The molecule has 0 aliphatic heterocycles. The molecule has 0 heterocycles. The average molecular weight is 386 g/mol. The van der Waals surface area contributed by atoms with E-state index in [-0.39, 0.29) is 11.3 Å². The summed E-state index contributed by atoms with van der Waals surface area (Å²) in [7, 11) is 0. The summed E-state index contributed by atoms with van der Waals surface area (Å²) in [5, 5.41) is 4.62. The Balaban J connectivity index is 2.39. The van der Waals surface area contributed by atoms with Crippen molar-refractivity contribution in [3.63, 3.8) is 0 Å². The molecule has 23 heavy (non-hydrogen) atoms. The summed E-state index contributed by atoms with van der Waals surface area (Å²) in [4.78, 5) is 34.8. The highest BCUT2D eigenvalue weighted by Crippen LogP contribution is 2.19. The van der Waals surface area contributed by atoms with Gasteiger partial charge in [-0.2, -0.15) is 0 Å². The monoisotopic (exact) mass is 385 g/mol. The fraction of sp³-hybridized carbons (Fsp3) is 0.400. The fourth-order valence-electron chi connectivity index (χ4n) is 1.60. The number of nitrogens with two attached hydrogens (primary N) is 1. The largest absolute Gasteiger partial charge is 0.452 e. The minimum absolute atomic E-state index is 0.147. The third kappa shape index (κ3) is 7.14. The maximum Gasteiger partial charge on any atom is 0.340 e. The molecular formula is C15H20BrN3O4. The van der Waals surface area contributed by atoms with Gasteiger partial charge in [0.2, 0.25) is 0 Å². The molecule has 0 saturated heterocycles. The third-order valence-electron chi connectivity index (χ3n) is 2.83. The van der Waals surface area contributed by atoms with Crippen molar-refractivity contribution < 1.29 is 19.1 Å². The number of halogens is 1. The van der Waals surface area contributed by atoms with Crippen LogP contribution in [-0.2, 0) is 9.53 Å². The number of urea groups is 1. The van der Waals surface area contributed by atoms with Gasteiger partial charge in [0.25, 0.3) is 5.91 Å². The van der Waals surface area contributed by atoms with Crippen LogP contribution in [0.1, 0.15) is 30.6 Å². The van der Waals surface area contributed by atoms with Crippen molar-refractivity contribution in [3.05, 3.63) is 28.2 Å². The van der Waals surface area contributed by atoms with Crippen LogP contribution in [0.15, 0.2) is 22.7 Å². The van der Waals surface area contributed by atoms with E-state index in [1.807, 2.05) is 13.8 Å². The van der Waals surface area contributed by atoms with Gasteiger partial charge in [0.05, 0.1) is 5.56 Å². The average Bonchev–Trinajstić information content (AvgIpc) is 2.46. The molecule has 0 fully saturated rings. The topological polar surface area (TPSA) is 111 Å². The number of amides is 3. The molecule has 126 valence electrons. The van der Waals surface area contributed by atoms with Crippen LogP contribution in [0.4, 0.5) is 10.5 Å². The van der Waals surface area contributed by atoms with E-state index < -0.39 is 24.5 Å². The number of carbonyl (C=O) groups excluding carboxylic acids is 3. The minimum Gasteiger partial charge on any atom is -0.452 e. The summed E-state index contributed by atoms with van der Waals surface area (Å²) in [5.74, 6) is -1.00. The summed E-state index contributed by atoms with van der Waals surface area (Å²) < 4.78 is 5.50. The molecule has 0 bridgehead atoms. The second-order valence-corrected chi connectivity index (χ2v) is 6.21. The van der Waals surface area contributed by atoms with E-state index >= 15 is 0 Å². The Morgan fingerprint density at radius 3 is 2.65 bits per heavy atom. The maximum absolute atomic E-state index is 11.9. The highest BCUT2D eigenvalue weighted by molar-refractivity contribution is 9.10. The number of ether oxygens (including phenoxy) is 1. The molecule has 1 rings (SSSR count). The first kappa shape index (κ1) is 19.0. The lowest BCUT2D eigenvalue weighted by atomic mass is 10.1. The molecule has 1 aromatic carbocycles. The number of hydrogen-bond donors (Lipinski definition) is 3. The Morgan fingerprint density at radius 1 is 1.30 bits per heavy atom. The number of anilines is 1. The van der Waals surface area contributed by atoms with Crippen molar-refractivity contribution in [2.75, 3.05) is 18.9 Å². The van der Waals surface area contributed by atoms with Gasteiger partial charge in [-0.3, -0.25) is 10.1 Å². The zero-order valence-corrected chi connectivity index (χ0v) is 14.6. The lowest BCUT2D eigenvalue weighted by Gasteiger charge is -2.09. The van der Waals surface area contributed by atoms with E-state index in [4.69, 9.17) is 10.5 Å². The molecule has 0 atom stereocenters. The first-order valence-electron chi connectivity index (χ1n) is 7.09. The number of nitrogens with one attached hydrogen (secondary N) is 2. The van der Waals surface area contributed by atoms with E-state index in [1.165, 1.54) is 6.07 Å². The van der Waals surface area contributed by atoms with Gasteiger partial charge in [0.15, 0.2) is 6.61 Å². The lowest BCUT2D eigenvalue weighted by molar-refractivity contribution is -0.123. The molecule has 0 radical (unpaired) electrons. The second-order valence-electron chi connectivity index (χ2n) is 5.29. The summed E-state index contributed by atoms with van der Waals surface area (Å²) >= 11 is 3.22.